The third-order valence-corrected chi connectivity index (χ3v) is 11.3. The third-order valence-electron chi connectivity index (χ3n) is 9.59. The summed E-state index contributed by atoms with van der Waals surface area (Å²) in [5, 5.41) is 0. The van der Waals surface area contributed by atoms with Gasteiger partial charge in [-0.1, -0.05) is 175 Å². The Bertz CT molecular complexity index is 1410. The maximum atomic E-state index is 11.7. The average molecular weight is 799 g/mol. The van der Waals surface area contributed by atoms with Crippen molar-refractivity contribution in [3.63, 3.8) is 0 Å². The van der Waals surface area contributed by atoms with Gasteiger partial charge in [-0.15, -0.1) is 0 Å². The van der Waals surface area contributed by atoms with Gasteiger partial charge in [0.05, 0.1) is 9.79 Å². The van der Waals surface area contributed by atoms with E-state index in [1.165, 1.54) is 139 Å². The van der Waals surface area contributed by atoms with Crippen molar-refractivity contribution < 1.29 is 49.7 Å². The Labute approximate surface area is 331 Å². The molecule has 0 saturated carbocycles. The first-order valence-electron chi connectivity index (χ1n) is 20.1. The van der Waals surface area contributed by atoms with E-state index in [9.17, 15) is 25.9 Å². The number of unbranched alkanes of at least 4 members (excludes halogenated alkanes) is 18. The topological polar surface area (TPSA) is 131 Å². The van der Waals surface area contributed by atoms with Crippen molar-refractivity contribution >= 4 is 20.2 Å². The summed E-state index contributed by atoms with van der Waals surface area (Å²) in [4.78, 5) is -0.169. The molecule has 10 heteroatoms. The standard InChI is InChI=1S/C24H42O3S.C18H30O3S.O.Ti/c1-6-7-8-9-10-11-12-13-14-15-16-21-17-18-22(28(25,26)27)24(20(4)5)23(21)19(2)3;1-2-3-4-5-6-7-8-9-10-11-12-17-13-15-18(16-14-17)22(19,20)21;;/h17-20H,6-16H2,1-5H3,(H,25,26,27);13-16H,2-12H2,1H3,(H,19,20,21);;/q;;;+2/p-2. The molecule has 0 atom stereocenters. The van der Waals surface area contributed by atoms with E-state index < -0.39 is 20.2 Å². The molecule has 2 aromatic rings. The Kier molecular flexibility index (Phi) is 29.3. The maximum absolute atomic E-state index is 11.7. The van der Waals surface area contributed by atoms with Gasteiger partial charge in [-0.2, -0.15) is 0 Å². The SMILES string of the molecule is CCCCCCCCCCCCc1ccc(S(=O)(=O)[O-])c(C(C)C)c1C(C)C.CCCCCCCCCCCCc1ccc(S(=O)(=O)[O-])cc1.[O]=[Ti+2]. The van der Waals surface area contributed by atoms with Crippen LogP contribution in [0.1, 0.15) is 204 Å². The van der Waals surface area contributed by atoms with E-state index in [1.807, 2.05) is 19.9 Å². The molecule has 0 bridgehead atoms. The van der Waals surface area contributed by atoms with Crippen LogP contribution in [0.25, 0.3) is 0 Å². The predicted molar refractivity (Wildman–Crippen MR) is 209 cm³/mol. The van der Waals surface area contributed by atoms with Gasteiger partial charge in [-0.25, -0.2) is 16.8 Å². The molecular weight excluding hydrogens is 728 g/mol. The summed E-state index contributed by atoms with van der Waals surface area (Å²) in [7, 11) is -8.76. The van der Waals surface area contributed by atoms with E-state index in [0.717, 1.165) is 62.8 Å². The van der Waals surface area contributed by atoms with Crippen molar-refractivity contribution in [2.75, 3.05) is 0 Å². The molecule has 0 unspecified atom stereocenters. The molecule has 0 N–H and O–H groups in total. The number of hydrogen-bond acceptors (Lipinski definition) is 7. The van der Waals surface area contributed by atoms with Gasteiger partial charge < -0.3 is 9.11 Å². The van der Waals surface area contributed by atoms with Crippen molar-refractivity contribution in [3.05, 3.63) is 58.7 Å². The van der Waals surface area contributed by atoms with E-state index in [0.29, 0.717) is 0 Å². The predicted octanol–water partition coefficient (Wildman–Crippen LogP) is 12.2. The molecule has 0 amide bonds. The van der Waals surface area contributed by atoms with Gasteiger partial charge in [0.2, 0.25) is 0 Å². The molecule has 52 heavy (non-hydrogen) atoms. The van der Waals surface area contributed by atoms with E-state index in [-0.39, 0.29) is 21.6 Å². The van der Waals surface area contributed by atoms with Crippen LogP contribution in [-0.4, -0.2) is 25.9 Å². The molecule has 0 spiro atoms. The van der Waals surface area contributed by atoms with Crippen LogP contribution in [0.3, 0.4) is 0 Å². The van der Waals surface area contributed by atoms with Crippen LogP contribution in [0.5, 0.6) is 0 Å². The van der Waals surface area contributed by atoms with Gasteiger partial charge in [0.15, 0.2) is 0 Å². The molecule has 0 fully saturated rings. The first kappa shape index (κ1) is 50.8. The van der Waals surface area contributed by atoms with Gasteiger partial charge in [0, 0.05) is 0 Å². The second kappa shape index (κ2) is 30.0. The fourth-order valence-corrected chi connectivity index (χ4v) is 8.14. The van der Waals surface area contributed by atoms with E-state index in [4.69, 9.17) is 3.32 Å². The molecule has 0 aliphatic carbocycles. The van der Waals surface area contributed by atoms with E-state index in [1.54, 1.807) is 12.1 Å². The van der Waals surface area contributed by atoms with Crippen LogP contribution in [-0.2, 0) is 56.8 Å². The molecule has 2 aromatic carbocycles. The number of hydrogen-bond donors (Lipinski definition) is 0. The van der Waals surface area contributed by atoms with Crippen LogP contribution in [0.4, 0.5) is 0 Å². The molecule has 0 saturated heterocycles. The fourth-order valence-electron chi connectivity index (χ4n) is 6.82. The summed E-state index contributed by atoms with van der Waals surface area (Å²) in [6, 6.07) is 9.73. The molecule has 296 valence electrons. The monoisotopic (exact) mass is 798 g/mol. The zero-order valence-electron chi connectivity index (χ0n) is 33.3. The molecule has 0 aliphatic heterocycles. The van der Waals surface area contributed by atoms with Gasteiger partial charge in [-0.3, -0.25) is 0 Å². The van der Waals surface area contributed by atoms with Crippen molar-refractivity contribution in [1.82, 2.24) is 0 Å². The molecular formula is C42H70O7S2Ti. The van der Waals surface area contributed by atoms with Gasteiger partial charge >= 0.3 is 23.7 Å². The zero-order valence-corrected chi connectivity index (χ0v) is 36.5. The molecule has 0 heterocycles. The summed E-state index contributed by atoms with van der Waals surface area (Å²) >= 11 is 0.750. The summed E-state index contributed by atoms with van der Waals surface area (Å²) < 4.78 is 75.9. The minimum absolute atomic E-state index is 0.0174. The zero-order chi connectivity index (χ0) is 39.4. The normalized spacial score (nSPS) is 11.7. The molecule has 0 aliphatic rings. The Balaban J connectivity index is 0.000000979. The van der Waals surface area contributed by atoms with Crippen LogP contribution in [0.15, 0.2) is 46.2 Å². The van der Waals surface area contributed by atoms with Gasteiger partial charge in [0.1, 0.15) is 20.2 Å². The number of aryl methyl sites for hydroxylation is 2. The van der Waals surface area contributed by atoms with Crippen LogP contribution >= 0.6 is 0 Å². The number of rotatable bonds is 26. The first-order valence-corrected chi connectivity index (χ1v) is 23.6. The quantitative estimate of drug-likeness (QED) is 0.0526. The van der Waals surface area contributed by atoms with Gasteiger partial charge in [0.25, 0.3) is 0 Å². The van der Waals surface area contributed by atoms with E-state index in [2.05, 4.69) is 27.7 Å². The number of benzene rings is 2. The van der Waals surface area contributed by atoms with E-state index >= 15 is 0 Å². The fraction of sp³-hybridized carbons (Fsp3) is 0.714. The second-order valence-corrected chi connectivity index (χ2v) is 17.5. The molecule has 7 nitrogen and oxygen atoms in total. The summed E-state index contributed by atoms with van der Waals surface area (Å²) in [6.07, 6.45) is 28.0. The Morgan fingerprint density at radius 2 is 0.846 bits per heavy atom. The van der Waals surface area contributed by atoms with Crippen LogP contribution in [0.2, 0.25) is 0 Å². The van der Waals surface area contributed by atoms with Gasteiger partial charge in [-0.05, 0) is 78.0 Å². The molecule has 0 aromatic heterocycles. The Morgan fingerprint density at radius 1 is 0.481 bits per heavy atom. The first-order chi connectivity index (χ1) is 24.7. The summed E-state index contributed by atoms with van der Waals surface area (Å²) in [5.41, 5.74) is 4.12. The Morgan fingerprint density at radius 3 is 1.19 bits per heavy atom. The minimum atomic E-state index is -4.45. The Hall–Kier alpha value is -1.23. The third kappa shape index (κ3) is 22.9. The van der Waals surface area contributed by atoms with Crippen molar-refractivity contribution in [2.45, 2.75) is 204 Å². The van der Waals surface area contributed by atoms with Crippen molar-refractivity contribution in [1.29, 1.82) is 0 Å². The average Bonchev–Trinajstić information content (AvgIpc) is 3.10. The second-order valence-electron chi connectivity index (χ2n) is 14.8. The van der Waals surface area contributed by atoms with Crippen LogP contribution < -0.4 is 0 Å². The summed E-state index contributed by atoms with van der Waals surface area (Å²) in [6.45, 7) is 12.6. The van der Waals surface area contributed by atoms with Crippen molar-refractivity contribution in [3.8, 4) is 0 Å². The van der Waals surface area contributed by atoms with Crippen LogP contribution in [0, 0.1) is 0 Å². The molecule has 2 rings (SSSR count). The molecule has 0 radical (unpaired) electrons. The van der Waals surface area contributed by atoms with Crippen molar-refractivity contribution in [2.24, 2.45) is 0 Å². The summed E-state index contributed by atoms with van der Waals surface area (Å²) in [5.74, 6) is 0.223.